The lowest BCUT2D eigenvalue weighted by Gasteiger charge is -2.21. The molecule has 0 saturated heterocycles. The van der Waals surface area contributed by atoms with E-state index in [1.807, 2.05) is 0 Å². The van der Waals surface area contributed by atoms with E-state index in [0.29, 0.717) is 31.6 Å². The summed E-state index contributed by atoms with van der Waals surface area (Å²) in [4.78, 5) is 72.2. The van der Waals surface area contributed by atoms with Gasteiger partial charge in [0.1, 0.15) is 19.3 Å². The van der Waals surface area contributed by atoms with Gasteiger partial charge in [-0.15, -0.1) is 0 Å². The zero-order chi connectivity index (χ0) is 62.2. The van der Waals surface area contributed by atoms with Crippen molar-refractivity contribution in [3.05, 3.63) is 0 Å². The van der Waals surface area contributed by atoms with Gasteiger partial charge in [0.05, 0.1) is 26.4 Å². The van der Waals surface area contributed by atoms with E-state index < -0.39 is 97.5 Å². The molecule has 0 spiro atoms. The Hall–Kier alpha value is -1.94. The van der Waals surface area contributed by atoms with Gasteiger partial charge < -0.3 is 33.8 Å². The molecule has 3 unspecified atom stereocenters. The van der Waals surface area contributed by atoms with Gasteiger partial charge >= 0.3 is 39.5 Å². The standard InChI is InChI=1S/C65H126O17P2/c1-7-10-12-14-16-18-19-20-21-22-23-25-29-37-43-49-64(69)81-60(53-76-63(68)48-42-36-30-26-27-33-39-45-57(4)5)55-79-83(71,72)77-51-59(66)52-78-84(73,74)80-56-61(54-75-62(67)47-41-35-28-24-17-15-13-11-8-2)82-65(70)50-44-38-32-31-34-40-46-58(6)9-3/h57-61,66H,7-56H2,1-6H3,(H,71,72)(H,73,74)/t58?,59-,60-,61-/m1/s1. The average molecular weight is 1240 g/mol. The number of phosphoric ester groups is 2. The highest BCUT2D eigenvalue weighted by molar-refractivity contribution is 7.47. The Labute approximate surface area is 511 Å². The van der Waals surface area contributed by atoms with Crippen LogP contribution in [0.2, 0.25) is 0 Å². The number of carbonyl (C=O) groups excluding carboxylic acids is 4. The third-order valence-electron chi connectivity index (χ3n) is 15.3. The lowest BCUT2D eigenvalue weighted by molar-refractivity contribution is -0.161. The maximum absolute atomic E-state index is 13.0. The van der Waals surface area contributed by atoms with Crippen molar-refractivity contribution in [3.63, 3.8) is 0 Å². The third-order valence-corrected chi connectivity index (χ3v) is 17.2. The van der Waals surface area contributed by atoms with Crippen molar-refractivity contribution in [2.45, 2.75) is 342 Å². The van der Waals surface area contributed by atoms with Crippen molar-refractivity contribution >= 4 is 39.5 Å². The van der Waals surface area contributed by atoms with Crippen LogP contribution in [-0.2, 0) is 65.4 Å². The van der Waals surface area contributed by atoms with Crippen LogP contribution in [0.1, 0.15) is 324 Å². The van der Waals surface area contributed by atoms with Crippen LogP contribution >= 0.6 is 15.6 Å². The van der Waals surface area contributed by atoms with Gasteiger partial charge in [0.15, 0.2) is 12.2 Å². The second-order valence-electron chi connectivity index (χ2n) is 24.2. The minimum absolute atomic E-state index is 0.103. The second kappa shape index (κ2) is 57.5. The average Bonchev–Trinajstić information content (AvgIpc) is 3.65. The zero-order valence-electron chi connectivity index (χ0n) is 54.2. The van der Waals surface area contributed by atoms with Crippen LogP contribution in [0.15, 0.2) is 0 Å². The van der Waals surface area contributed by atoms with Crippen LogP contribution in [0, 0.1) is 11.8 Å². The quantitative estimate of drug-likeness (QED) is 0.0222. The first-order chi connectivity index (χ1) is 40.4. The largest absolute Gasteiger partial charge is 0.472 e. The zero-order valence-corrected chi connectivity index (χ0v) is 56.0. The van der Waals surface area contributed by atoms with Crippen LogP contribution in [0.4, 0.5) is 0 Å². The summed E-state index contributed by atoms with van der Waals surface area (Å²) < 4.78 is 68.0. The lowest BCUT2D eigenvalue weighted by atomic mass is 10.00. The fourth-order valence-corrected chi connectivity index (χ4v) is 11.3. The minimum Gasteiger partial charge on any atom is -0.462 e. The fraction of sp³-hybridized carbons (Fsp3) is 0.938. The Balaban J connectivity index is 5.23. The Bertz CT molecular complexity index is 1650. The monoisotopic (exact) mass is 1240 g/mol. The molecule has 0 aliphatic heterocycles. The SMILES string of the molecule is CCCCCCCCCCCCCCCCCC(=O)O[C@H](COC(=O)CCCCCCCCCC(C)C)COP(=O)(O)OC[C@@H](O)COP(=O)(O)OC[C@@H](COC(=O)CCCCCCCCCCC)OC(=O)CCCCCCCCC(C)CC. The van der Waals surface area contributed by atoms with E-state index in [1.165, 1.54) is 135 Å². The predicted molar refractivity (Wildman–Crippen MR) is 335 cm³/mol. The normalized spacial score (nSPS) is 14.6. The highest BCUT2D eigenvalue weighted by Gasteiger charge is 2.30. The summed E-state index contributed by atoms with van der Waals surface area (Å²) in [5.74, 6) is -0.710. The first-order valence-electron chi connectivity index (χ1n) is 34.0. The number of carbonyl (C=O) groups is 4. The number of unbranched alkanes of at least 4 members (excludes halogenated alkanes) is 33. The molecule has 19 heteroatoms. The molecular weight excluding hydrogens is 1110 g/mol. The lowest BCUT2D eigenvalue weighted by Crippen LogP contribution is -2.30. The molecule has 0 saturated carbocycles. The molecule has 3 N–H and O–H groups in total. The van der Waals surface area contributed by atoms with Crippen molar-refractivity contribution in [1.82, 2.24) is 0 Å². The van der Waals surface area contributed by atoms with Gasteiger partial charge in [-0.2, -0.15) is 0 Å². The topological polar surface area (TPSA) is 237 Å². The van der Waals surface area contributed by atoms with Gasteiger partial charge in [-0.1, -0.05) is 273 Å². The van der Waals surface area contributed by atoms with Crippen molar-refractivity contribution in [3.8, 4) is 0 Å². The molecule has 0 aliphatic carbocycles. The van der Waals surface area contributed by atoms with Gasteiger partial charge in [-0.25, -0.2) is 9.13 Å². The van der Waals surface area contributed by atoms with Gasteiger partial charge in [0.25, 0.3) is 0 Å². The Kier molecular flexibility index (Phi) is 56.2. The number of hydrogen-bond donors (Lipinski definition) is 3. The first kappa shape index (κ1) is 82.1. The van der Waals surface area contributed by atoms with Crippen molar-refractivity contribution in [1.29, 1.82) is 0 Å². The van der Waals surface area contributed by atoms with Gasteiger partial charge in [0.2, 0.25) is 0 Å². The molecule has 0 radical (unpaired) electrons. The minimum atomic E-state index is -4.95. The van der Waals surface area contributed by atoms with Crippen molar-refractivity contribution < 1.29 is 80.2 Å². The Morgan fingerprint density at radius 3 is 0.905 bits per heavy atom. The molecule has 6 atom stereocenters. The van der Waals surface area contributed by atoms with Crippen molar-refractivity contribution in [2.75, 3.05) is 39.6 Å². The van der Waals surface area contributed by atoms with E-state index in [-0.39, 0.29) is 25.7 Å². The Morgan fingerprint density at radius 2 is 0.607 bits per heavy atom. The number of phosphoric acid groups is 2. The van der Waals surface area contributed by atoms with Gasteiger partial charge in [0, 0.05) is 25.7 Å². The van der Waals surface area contributed by atoms with Crippen LogP contribution in [0.5, 0.6) is 0 Å². The van der Waals surface area contributed by atoms with E-state index in [0.717, 1.165) is 102 Å². The summed E-state index contributed by atoms with van der Waals surface area (Å²) in [6.45, 7) is 9.39. The summed E-state index contributed by atoms with van der Waals surface area (Å²) >= 11 is 0. The van der Waals surface area contributed by atoms with Gasteiger partial charge in [-0.05, 0) is 37.5 Å². The van der Waals surface area contributed by atoms with E-state index in [4.69, 9.17) is 37.0 Å². The molecule has 0 aromatic rings. The number of ether oxygens (including phenoxy) is 4. The number of esters is 4. The summed E-state index contributed by atoms with van der Waals surface area (Å²) in [5.41, 5.74) is 0. The molecule has 0 heterocycles. The predicted octanol–water partition coefficient (Wildman–Crippen LogP) is 18.0. The van der Waals surface area contributed by atoms with Crippen LogP contribution in [0.3, 0.4) is 0 Å². The van der Waals surface area contributed by atoms with E-state index >= 15 is 0 Å². The molecule has 0 aliphatic rings. The molecule has 84 heavy (non-hydrogen) atoms. The number of rotatable bonds is 64. The Morgan fingerprint density at radius 1 is 0.345 bits per heavy atom. The van der Waals surface area contributed by atoms with E-state index in [1.54, 1.807) is 0 Å². The maximum Gasteiger partial charge on any atom is 0.472 e. The highest BCUT2D eigenvalue weighted by atomic mass is 31.2. The third kappa shape index (κ3) is 57.8. The summed E-state index contributed by atoms with van der Waals surface area (Å²) in [5, 5.41) is 10.5. The summed E-state index contributed by atoms with van der Waals surface area (Å²) in [6, 6.07) is 0. The molecule has 498 valence electrons. The van der Waals surface area contributed by atoms with Crippen molar-refractivity contribution in [2.24, 2.45) is 11.8 Å². The first-order valence-corrected chi connectivity index (χ1v) is 37.0. The summed E-state index contributed by atoms with van der Waals surface area (Å²) in [7, 11) is -9.89. The van der Waals surface area contributed by atoms with Crippen LogP contribution in [0.25, 0.3) is 0 Å². The molecule has 0 amide bonds. The maximum atomic E-state index is 13.0. The van der Waals surface area contributed by atoms with E-state index in [2.05, 4.69) is 41.5 Å². The van der Waals surface area contributed by atoms with Gasteiger partial charge in [-0.3, -0.25) is 37.3 Å². The van der Waals surface area contributed by atoms with E-state index in [9.17, 15) is 43.2 Å². The number of aliphatic hydroxyl groups is 1. The molecule has 0 fully saturated rings. The summed E-state index contributed by atoms with van der Waals surface area (Å²) in [6.07, 6.45) is 40.4. The van der Waals surface area contributed by atoms with Crippen LogP contribution in [-0.4, -0.2) is 96.7 Å². The molecule has 17 nitrogen and oxygen atoms in total. The molecule has 0 aromatic heterocycles. The highest BCUT2D eigenvalue weighted by Crippen LogP contribution is 2.45. The smallest absolute Gasteiger partial charge is 0.462 e. The molecular formula is C65H126O17P2. The van der Waals surface area contributed by atoms with Crippen LogP contribution < -0.4 is 0 Å². The fourth-order valence-electron chi connectivity index (χ4n) is 9.68. The second-order valence-corrected chi connectivity index (χ2v) is 27.1. The molecule has 0 bridgehead atoms. The number of hydrogen-bond acceptors (Lipinski definition) is 15. The number of aliphatic hydroxyl groups excluding tert-OH is 1. The molecule has 0 rings (SSSR count). The molecule has 0 aromatic carbocycles.